The molecule has 2 aromatic heterocycles. The molecule has 4 nitrogen and oxygen atoms in total. The first kappa shape index (κ1) is 13.8. The molecule has 5 heteroatoms. The summed E-state index contributed by atoms with van der Waals surface area (Å²) in [6, 6.07) is 2.53. The first-order valence-corrected chi connectivity index (χ1v) is 7.13. The predicted molar refractivity (Wildman–Crippen MR) is 76.7 cm³/mol. The van der Waals surface area contributed by atoms with E-state index in [4.69, 9.17) is 5.11 Å². The van der Waals surface area contributed by atoms with Gasteiger partial charge in [0.15, 0.2) is 0 Å². The van der Waals surface area contributed by atoms with E-state index in [-0.39, 0.29) is 6.42 Å². The Morgan fingerprint density at radius 1 is 1.47 bits per heavy atom. The molecule has 2 aromatic rings. The second-order valence-corrected chi connectivity index (χ2v) is 5.82. The standard InChI is InChI=1S/C14H18N2O2S/c1-8(2)16-9(3)5-12(10(16)4)14-15-11(7-19-14)6-13(17)18/h5,7-8H,6H2,1-4H3,(H,17,18). The van der Waals surface area contributed by atoms with Crippen molar-refractivity contribution in [1.82, 2.24) is 9.55 Å². The third kappa shape index (κ3) is 2.71. The van der Waals surface area contributed by atoms with Gasteiger partial charge in [0.25, 0.3) is 0 Å². The number of carboxylic acid groups (broad SMARTS) is 1. The van der Waals surface area contributed by atoms with Gasteiger partial charge in [-0.3, -0.25) is 4.79 Å². The van der Waals surface area contributed by atoms with E-state index in [1.807, 2.05) is 5.38 Å². The quantitative estimate of drug-likeness (QED) is 0.932. The molecule has 0 aliphatic carbocycles. The summed E-state index contributed by atoms with van der Waals surface area (Å²) in [4.78, 5) is 15.1. The number of nitrogens with zero attached hydrogens (tertiary/aromatic N) is 2. The number of thiazole rings is 1. The minimum atomic E-state index is -0.843. The summed E-state index contributed by atoms with van der Waals surface area (Å²) in [6.45, 7) is 8.48. The molecule has 0 amide bonds. The van der Waals surface area contributed by atoms with E-state index in [2.05, 4.69) is 43.3 Å². The molecule has 0 bridgehead atoms. The van der Waals surface area contributed by atoms with Gasteiger partial charge in [-0.1, -0.05) is 0 Å². The minimum Gasteiger partial charge on any atom is -0.481 e. The summed E-state index contributed by atoms with van der Waals surface area (Å²) in [7, 11) is 0. The van der Waals surface area contributed by atoms with Gasteiger partial charge in [0.05, 0.1) is 12.1 Å². The van der Waals surface area contributed by atoms with Crippen LogP contribution in [0.2, 0.25) is 0 Å². The van der Waals surface area contributed by atoms with Crippen molar-refractivity contribution in [2.75, 3.05) is 0 Å². The number of hydrogen-bond donors (Lipinski definition) is 1. The Hall–Kier alpha value is -1.62. The zero-order chi connectivity index (χ0) is 14.2. The maximum absolute atomic E-state index is 10.7. The Balaban J connectivity index is 2.40. The lowest BCUT2D eigenvalue weighted by Gasteiger charge is -2.13. The first-order valence-electron chi connectivity index (χ1n) is 6.25. The highest BCUT2D eigenvalue weighted by molar-refractivity contribution is 7.13. The first-order chi connectivity index (χ1) is 8.90. The number of aromatic nitrogens is 2. The van der Waals surface area contributed by atoms with Gasteiger partial charge in [0.1, 0.15) is 5.01 Å². The molecule has 0 saturated carbocycles. The SMILES string of the molecule is Cc1cc(-c2nc(CC(=O)O)cs2)c(C)n1C(C)C. The van der Waals surface area contributed by atoms with Crippen molar-refractivity contribution < 1.29 is 9.90 Å². The molecular weight excluding hydrogens is 260 g/mol. The largest absolute Gasteiger partial charge is 0.481 e. The van der Waals surface area contributed by atoms with Crippen LogP contribution < -0.4 is 0 Å². The summed E-state index contributed by atoms with van der Waals surface area (Å²) in [5.41, 5.74) is 4.12. The zero-order valence-corrected chi connectivity index (χ0v) is 12.4. The van der Waals surface area contributed by atoms with Crippen LogP contribution in [-0.4, -0.2) is 20.6 Å². The lowest BCUT2D eigenvalue weighted by molar-refractivity contribution is -0.136. The van der Waals surface area contributed by atoms with Crippen molar-refractivity contribution in [3.05, 3.63) is 28.5 Å². The van der Waals surface area contributed by atoms with E-state index < -0.39 is 5.97 Å². The van der Waals surface area contributed by atoms with E-state index in [0.29, 0.717) is 11.7 Å². The van der Waals surface area contributed by atoms with Gasteiger partial charge in [-0.15, -0.1) is 11.3 Å². The highest BCUT2D eigenvalue weighted by Gasteiger charge is 2.16. The monoisotopic (exact) mass is 278 g/mol. The molecule has 0 unspecified atom stereocenters. The molecule has 0 fully saturated rings. The van der Waals surface area contributed by atoms with Crippen LogP contribution in [-0.2, 0) is 11.2 Å². The third-order valence-corrected chi connectivity index (χ3v) is 4.04. The number of carbonyl (C=O) groups is 1. The molecule has 102 valence electrons. The topological polar surface area (TPSA) is 55.1 Å². The Kier molecular flexibility index (Phi) is 3.75. The van der Waals surface area contributed by atoms with Crippen LogP contribution in [0.25, 0.3) is 10.6 Å². The average molecular weight is 278 g/mol. The fourth-order valence-corrected chi connectivity index (χ4v) is 3.34. The van der Waals surface area contributed by atoms with Crippen molar-refractivity contribution in [2.24, 2.45) is 0 Å². The van der Waals surface area contributed by atoms with Crippen LogP contribution in [0.15, 0.2) is 11.4 Å². The number of rotatable bonds is 4. The zero-order valence-electron chi connectivity index (χ0n) is 11.6. The smallest absolute Gasteiger partial charge is 0.309 e. The van der Waals surface area contributed by atoms with Crippen LogP contribution in [0.1, 0.15) is 37.0 Å². The Labute approximate surface area is 116 Å². The molecule has 1 N–H and O–H groups in total. The highest BCUT2D eigenvalue weighted by Crippen LogP contribution is 2.31. The van der Waals surface area contributed by atoms with Gasteiger partial charge in [0, 0.05) is 28.4 Å². The average Bonchev–Trinajstić information content (AvgIpc) is 2.82. The van der Waals surface area contributed by atoms with Crippen LogP contribution in [0.3, 0.4) is 0 Å². The summed E-state index contributed by atoms with van der Waals surface area (Å²) in [5, 5.41) is 11.5. The van der Waals surface area contributed by atoms with Crippen LogP contribution in [0, 0.1) is 13.8 Å². The molecule has 0 spiro atoms. The van der Waals surface area contributed by atoms with Crippen LogP contribution >= 0.6 is 11.3 Å². The summed E-state index contributed by atoms with van der Waals surface area (Å²) < 4.78 is 2.27. The second-order valence-electron chi connectivity index (χ2n) is 4.96. The van der Waals surface area contributed by atoms with E-state index in [1.54, 1.807) is 0 Å². The van der Waals surface area contributed by atoms with Crippen molar-refractivity contribution in [3.8, 4) is 10.6 Å². The number of carboxylic acids is 1. The van der Waals surface area contributed by atoms with Crippen LogP contribution in [0.5, 0.6) is 0 Å². The lowest BCUT2D eigenvalue weighted by Crippen LogP contribution is -2.04. The molecule has 0 aliphatic heterocycles. The number of hydrogen-bond acceptors (Lipinski definition) is 3. The normalized spacial score (nSPS) is 11.2. The van der Waals surface area contributed by atoms with Gasteiger partial charge in [-0.05, 0) is 33.8 Å². The number of aryl methyl sites for hydroxylation is 1. The fourth-order valence-electron chi connectivity index (χ4n) is 2.46. The minimum absolute atomic E-state index is 0.0145. The van der Waals surface area contributed by atoms with Gasteiger partial charge < -0.3 is 9.67 Å². The number of aliphatic carboxylic acids is 1. The lowest BCUT2D eigenvalue weighted by atomic mass is 10.2. The van der Waals surface area contributed by atoms with Gasteiger partial charge in [0.2, 0.25) is 0 Å². The van der Waals surface area contributed by atoms with E-state index in [9.17, 15) is 4.79 Å². The molecule has 0 saturated heterocycles. The van der Waals surface area contributed by atoms with E-state index >= 15 is 0 Å². The second kappa shape index (κ2) is 5.17. The summed E-state index contributed by atoms with van der Waals surface area (Å²) in [6.07, 6.45) is -0.0145. The predicted octanol–water partition coefficient (Wildman–Crippen LogP) is 3.44. The van der Waals surface area contributed by atoms with Gasteiger partial charge >= 0.3 is 5.97 Å². The van der Waals surface area contributed by atoms with Crippen molar-refractivity contribution >= 4 is 17.3 Å². The molecular formula is C14H18N2O2S. The van der Waals surface area contributed by atoms with Crippen molar-refractivity contribution in [1.29, 1.82) is 0 Å². The summed E-state index contributed by atoms with van der Waals surface area (Å²) >= 11 is 1.50. The highest BCUT2D eigenvalue weighted by atomic mass is 32.1. The van der Waals surface area contributed by atoms with E-state index in [1.165, 1.54) is 22.7 Å². The van der Waals surface area contributed by atoms with Crippen molar-refractivity contribution in [2.45, 2.75) is 40.2 Å². The molecule has 19 heavy (non-hydrogen) atoms. The molecule has 2 rings (SSSR count). The molecule has 0 aromatic carbocycles. The molecule has 0 aliphatic rings. The van der Waals surface area contributed by atoms with Gasteiger partial charge in [-0.2, -0.15) is 0 Å². The molecule has 0 radical (unpaired) electrons. The Bertz CT molecular complexity index is 611. The molecule has 0 atom stereocenters. The van der Waals surface area contributed by atoms with E-state index in [0.717, 1.165) is 10.6 Å². The maximum atomic E-state index is 10.7. The molecule has 2 heterocycles. The van der Waals surface area contributed by atoms with Crippen LogP contribution in [0.4, 0.5) is 0 Å². The Morgan fingerprint density at radius 3 is 2.68 bits per heavy atom. The fraction of sp³-hybridized carbons (Fsp3) is 0.429. The maximum Gasteiger partial charge on any atom is 0.309 e. The van der Waals surface area contributed by atoms with Crippen molar-refractivity contribution in [3.63, 3.8) is 0 Å². The summed E-state index contributed by atoms with van der Waals surface area (Å²) in [5.74, 6) is -0.843. The van der Waals surface area contributed by atoms with Gasteiger partial charge in [-0.25, -0.2) is 4.98 Å². The third-order valence-electron chi connectivity index (χ3n) is 3.12. The Morgan fingerprint density at radius 2 is 2.16 bits per heavy atom.